The minimum absolute atomic E-state index is 0.122. The van der Waals surface area contributed by atoms with Crippen LogP contribution in [-0.4, -0.2) is 36.2 Å². The number of anilines is 2. The molecule has 0 bridgehead atoms. The first kappa shape index (κ1) is 24.2. The van der Waals surface area contributed by atoms with Gasteiger partial charge in [0.25, 0.3) is 5.91 Å². The van der Waals surface area contributed by atoms with Crippen LogP contribution in [-0.2, 0) is 0 Å². The standard InChI is InChI=1S/C30H32N6O2/c31-16-24(18-33-25-9-11-32-12-10-25)23-15-27-28(34-17-23)36-30(38-27)22-5-2-6-26(14-22)35-29(37)21-4-1-3-20(13-21)19-7-8-19/h1-6,13-19,25,30-33H,7-12H2,(H,34,36)(H,35,37)/b24-18+,31-16?. The molecule has 0 radical (unpaired) electrons. The molecule has 3 aliphatic rings. The average Bonchev–Trinajstić information content (AvgIpc) is 3.73. The lowest BCUT2D eigenvalue weighted by Crippen LogP contribution is -2.37. The molecule has 38 heavy (non-hydrogen) atoms. The number of carbonyl (C=O) groups is 1. The summed E-state index contributed by atoms with van der Waals surface area (Å²) in [5.41, 5.74) is 5.06. The molecule has 8 nitrogen and oxygen atoms in total. The van der Waals surface area contributed by atoms with E-state index in [0.717, 1.165) is 42.6 Å². The molecular formula is C30H32N6O2. The molecule has 0 spiro atoms. The first-order valence-electron chi connectivity index (χ1n) is 13.3. The molecule has 2 fully saturated rings. The Labute approximate surface area is 222 Å². The van der Waals surface area contributed by atoms with Crippen LogP contribution in [0.15, 0.2) is 67.0 Å². The number of aromatic nitrogens is 1. The van der Waals surface area contributed by atoms with Gasteiger partial charge in [-0.05, 0) is 80.6 Å². The third kappa shape index (κ3) is 5.40. The quantitative estimate of drug-likeness (QED) is 0.273. The first-order valence-corrected chi connectivity index (χ1v) is 13.3. The Bertz CT molecular complexity index is 1380. The smallest absolute Gasteiger partial charge is 0.255 e. The van der Waals surface area contributed by atoms with Crippen LogP contribution in [0.3, 0.4) is 0 Å². The number of carbonyl (C=O) groups excluding carboxylic acids is 1. The number of pyridine rings is 1. The normalized spacial score (nSPS) is 19.2. The van der Waals surface area contributed by atoms with E-state index >= 15 is 0 Å². The van der Waals surface area contributed by atoms with Crippen LogP contribution >= 0.6 is 0 Å². The van der Waals surface area contributed by atoms with Crippen LogP contribution in [0.4, 0.5) is 11.5 Å². The molecule has 3 aromatic rings. The molecule has 5 N–H and O–H groups in total. The van der Waals surface area contributed by atoms with E-state index in [9.17, 15) is 4.79 Å². The summed E-state index contributed by atoms with van der Waals surface area (Å²) in [6, 6.07) is 17.9. The maximum Gasteiger partial charge on any atom is 0.255 e. The number of fused-ring (bicyclic) bond motifs is 1. The third-order valence-electron chi connectivity index (χ3n) is 7.31. The van der Waals surface area contributed by atoms with Crippen LogP contribution in [0.25, 0.3) is 5.57 Å². The molecule has 194 valence electrons. The second-order valence-corrected chi connectivity index (χ2v) is 10.1. The molecule has 1 aliphatic carbocycles. The number of piperidine rings is 1. The molecule has 3 heterocycles. The number of amides is 1. The molecule has 1 saturated carbocycles. The topological polar surface area (TPSA) is 111 Å². The SMILES string of the molecule is N=C/C(=C\NC1CCNCC1)c1cnc2c(c1)OC(c1cccc(NC(=O)c3cccc(C4CC4)c3)c1)N2. The highest BCUT2D eigenvalue weighted by Crippen LogP contribution is 2.40. The Morgan fingerprint density at radius 2 is 1.82 bits per heavy atom. The molecule has 1 aromatic heterocycles. The molecule has 6 rings (SSSR count). The van der Waals surface area contributed by atoms with Crippen LogP contribution < -0.4 is 26.0 Å². The number of allylic oxidation sites excluding steroid dienone is 1. The zero-order chi connectivity index (χ0) is 25.9. The summed E-state index contributed by atoms with van der Waals surface area (Å²) in [6.07, 6.45) is 9.09. The molecular weight excluding hydrogens is 476 g/mol. The van der Waals surface area contributed by atoms with Crippen LogP contribution in [0.2, 0.25) is 0 Å². The van der Waals surface area contributed by atoms with Gasteiger partial charge in [0.1, 0.15) is 0 Å². The first-order chi connectivity index (χ1) is 18.7. The minimum Gasteiger partial charge on any atom is -0.463 e. The summed E-state index contributed by atoms with van der Waals surface area (Å²) < 4.78 is 6.20. The van der Waals surface area contributed by atoms with Gasteiger partial charge in [-0.25, -0.2) is 4.98 Å². The Morgan fingerprint density at radius 3 is 2.63 bits per heavy atom. The van der Waals surface area contributed by atoms with Crippen molar-refractivity contribution in [3.05, 3.63) is 89.2 Å². The molecule has 1 atom stereocenters. The summed E-state index contributed by atoms with van der Waals surface area (Å²) in [6.45, 7) is 2.01. The van der Waals surface area contributed by atoms with E-state index in [-0.39, 0.29) is 5.91 Å². The summed E-state index contributed by atoms with van der Waals surface area (Å²) >= 11 is 0. The number of nitrogens with one attached hydrogen (secondary N) is 5. The van der Waals surface area contributed by atoms with Gasteiger partial charge < -0.3 is 31.4 Å². The number of rotatable bonds is 8. The van der Waals surface area contributed by atoms with Gasteiger partial charge in [-0.15, -0.1) is 0 Å². The van der Waals surface area contributed by atoms with Crippen molar-refractivity contribution in [3.8, 4) is 5.75 Å². The Kier molecular flexibility index (Phi) is 6.79. The van der Waals surface area contributed by atoms with E-state index in [0.29, 0.717) is 34.8 Å². The minimum atomic E-state index is -0.428. The third-order valence-corrected chi connectivity index (χ3v) is 7.31. The fraction of sp³-hybridized carbons (Fsp3) is 0.300. The van der Waals surface area contributed by atoms with Gasteiger partial charge in [-0.1, -0.05) is 24.3 Å². The van der Waals surface area contributed by atoms with Gasteiger partial charge in [-0.2, -0.15) is 0 Å². The highest BCUT2D eigenvalue weighted by atomic mass is 16.5. The van der Waals surface area contributed by atoms with Gasteiger partial charge in [0.15, 0.2) is 17.8 Å². The van der Waals surface area contributed by atoms with Gasteiger partial charge in [0, 0.05) is 52.6 Å². The number of ether oxygens (including phenoxy) is 1. The lowest BCUT2D eigenvalue weighted by Gasteiger charge is -2.23. The summed E-state index contributed by atoms with van der Waals surface area (Å²) in [5.74, 6) is 1.77. The molecule has 2 aliphatic heterocycles. The fourth-order valence-electron chi connectivity index (χ4n) is 4.97. The Hall–Kier alpha value is -4.17. The van der Waals surface area contributed by atoms with Crippen molar-refractivity contribution in [1.82, 2.24) is 15.6 Å². The van der Waals surface area contributed by atoms with Crippen molar-refractivity contribution in [2.75, 3.05) is 23.7 Å². The predicted molar refractivity (Wildman–Crippen MR) is 150 cm³/mol. The van der Waals surface area contributed by atoms with E-state index in [1.165, 1.54) is 24.6 Å². The summed E-state index contributed by atoms with van der Waals surface area (Å²) in [5, 5.41) is 21.0. The van der Waals surface area contributed by atoms with Gasteiger partial charge in [0.05, 0.1) is 0 Å². The highest BCUT2D eigenvalue weighted by molar-refractivity contribution is 6.08. The second kappa shape index (κ2) is 10.7. The molecule has 1 amide bonds. The zero-order valence-corrected chi connectivity index (χ0v) is 21.2. The van der Waals surface area contributed by atoms with E-state index < -0.39 is 6.23 Å². The maximum absolute atomic E-state index is 12.9. The number of hydrogen-bond donors (Lipinski definition) is 5. The van der Waals surface area contributed by atoms with Crippen molar-refractivity contribution in [3.63, 3.8) is 0 Å². The van der Waals surface area contributed by atoms with Crippen molar-refractivity contribution >= 4 is 29.2 Å². The van der Waals surface area contributed by atoms with E-state index in [1.807, 2.05) is 54.7 Å². The molecule has 1 unspecified atom stereocenters. The molecule has 8 heteroatoms. The van der Waals surface area contributed by atoms with Crippen molar-refractivity contribution in [2.45, 2.75) is 43.9 Å². The van der Waals surface area contributed by atoms with Gasteiger partial charge >= 0.3 is 0 Å². The average molecular weight is 509 g/mol. The second-order valence-electron chi connectivity index (χ2n) is 10.1. The number of hydrogen-bond acceptors (Lipinski definition) is 7. The lowest BCUT2D eigenvalue weighted by molar-refractivity contribution is 0.102. The van der Waals surface area contributed by atoms with Crippen LogP contribution in [0.1, 0.15) is 64.9 Å². The molecule has 2 aromatic carbocycles. The predicted octanol–water partition coefficient (Wildman–Crippen LogP) is 5.05. The van der Waals surface area contributed by atoms with E-state index in [1.54, 1.807) is 6.20 Å². The Balaban J connectivity index is 1.13. The van der Waals surface area contributed by atoms with Crippen LogP contribution in [0, 0.1) is 5.41 Å². The molecule has 1 saturated heterocycles. The van der Waals surface area contributed by atoms with E-state index in [4.69, 9.17) is 10.1 Å². The maximum atomic E-state index is 12.9. The lowest BCUT2D eigenvalue weighted by atomic mass is 10.1. The monoisotopic (exact) mass is 508 g/mol. The van der Waals surface area contributed by atoms with Crippen molar-refractivity contribution < 1.29 is 9.53 Å². The van der Waals surface area contributed by atoms with Crippen LogP contribution in [0.5, 0.6) is 5.75 Å². The number of benzene rings is 2. The highest BCUT2D eigenvalue weighted by Gasteiger charge is 2.26. The fourth-order valence-corrected chi connectivity index (χ4v) is 4.97. The zero-order valence-electron chi connectivity index (χ0n) is 21.2. The summed E-state index contributed by atoms with van der Waals surface area (Å²) in [4.78, 5) is 17.5. The van der Waals surface area contributed by atoms with E-state index in [2.05, 4.69) is 32.3 Å². The van der Waals surface area contributed by atoms with Crippen molar-refractivity contribution in [1.29, 1.82) is 5.41 Å². The number of nitrogens with zero attached hydrogens (tertiary/aromatic N) is 1. The van der Waals surface area contributed by atoms with Gasteiger partial charge in [0.2, 0.25) is 0 Å². The Morgan fingerprint density at radius 1 is 1.00 bits per heavy atom. The largest absolute Gasteiger partial charge is 0.463 e. The van der Waals surface area contributed by atoms with Crippen molar-refractivity contribution in [2.24, 2.45) is 0 Å². The summed E-state index contributed by atoms with van der Waals surface area (Å²) in [7, 11) is 0. The van der Waals surface area contributed by atoms with Gasteiger partial charge in [-0.3, -0.25) is 4.79 Å².